The lowest BCUT2D eigenvalue weighted by Crippen LogP contribution is -2.54. The molecule has 5 atom stereocenters. The number of hydrogen-bond donors (Lipinski definition) is 5. The number of aromatic nitrogens is 4. The summed E-state index contributed by atoms with van der Waals surface area (Å²) < 4.78 is 7.62. The molecule has 0 aromatic carbocycles. The van der Waals surface area contributed by atoms with E-state index in [9.17, 15) is 15.0 Å². The first-order valence-electron chi connectivity index (χ1n) is 7.15. The highest BCUT2D eigenvalue weighted by molar-refractivity contribution is 6.30. The summed E-state index contributed by atoms with van der Waals surface area (Å²) in [6, 6.07) is 0. The van der Waals surface area contributed by atoms with Gasteiger partial charge >= 0.3 is 5.56 Å². The van der Waals surface area contributed by atoms with Crippen molar-refractivity contribution >= 4 is 28.7 Å². The second-order valence-corrected chi connectivity index (χ2v) is 5.95. The van der Waals surface area contributed by atoms with Crippen molar-refractivity contribution in [2.45, 2.75) is 37.0 Å². The highest BCUT2D eigenvalue weighted by Gasteiger charge is 2.56. The van der Waals surface area contributed by atoms with Gasteiger partial charge in [0.05, 0.1) is 12.4 Å². The Hall–Kier alpha value is -2.36. The molecule has 3 rings (SSSR count). The number of halogens is 1. The second-order valence-electron chi connectivity index (χ2n) is 5.76. The number of aliphatic hydroxyl groups is 2. The molecule has 8 N–H and O–H groups in total. The third kappa shape index (κ3) is 2.43. The van der Waals surface area contributed by atoms with Gasteiger partial charge in [0.25, 0.3) is 0 Å². The minimum atomic E-state index is -1.69. The van der Waals surface area contributed by atoms with E-state index in [1.54, 1.807) is 0 Å². The van der Waals surface area contributed by atoms with Crippen molar-refractivity contribution in [1.82, 2.24) is 19.2 Å². The number of anilines is 1. The summed E-state index contributed by atoms with van der Waals surface area (Å²) >= 11 is 5.48. The molecule has 2 aromatic rings. The molecule has 1 saturated heterocycles. The fourth-order valence-electron chi connectivity index (χ4n) is 2.81. The Balaban J connectivity index is 2.22. The van der Waals surface area contributed by atoms with Gasteiger partial charge < -0.3 is 32.3 Å². The number of fused-ring (bicyclic) bond motifs is 1. The van der Waals surface area contributed by atoms with Gasteiger partial charge in [0, 0.05) is 5.38 Å². The van der Waals surface area contributed by atoms with Crippen LogP contribution < -0.4 is 22.9 Å². The predicted molar refractivity (Wildman–Crippen MR) is 88.5 cm³/mol. The lowest BCUT2D eigenvalue weighted by atomic mass is 9.90. The van der Waals surface area contributed by atoms with E-state index >= 15 is 0 Å². The molecular weight excluding hydrogens is 354 g/mol. The van der Waals surface area contributed by atoms with Crippen molar-refractivity contribution in [1.29, 1.82) is 0 Å². The number of aliphatic hydroxyl groups excluding tert-OH is 2. The Morgan fingerprint density at radius 1 is 1.56 bits per heavy atom. The van der Waals surface area contributed by atoms with Crippen LogP contribution in [0.2, 0.25) is 0 Å². The van der Waals surface area contributed by atoms with Crippen LogP contribution in [0.4, 0.5) is 5.95 Å². The van der Waals surface area contributed by atoms with Gasteiger partial charge in [-0.3, -0.25) is 9.36 Å². The van der Waals surface area contributed by atoms with Crippen LogP contribution in [0.5, 0.6) is 0 Å². The lowest BCUT2D eigenvalue weighted by molar-refractivity contribution is -0.0756. The van der Waals surface area contributed by atoms with Crippen LogP contribution >= 0.6 is 11.6 Å². The SMILES string of the molecule is C[C@H](O)[C@H]1O[C@@H](n2cnc3c(=O)n(N)c(N)nc32)[C@@](N)(C#CCl)C1O. The molecule has 3 heterocycles. The number of nitrogen functional groups attached to an aromatic ring is 2. The van der Waals surface area contributed by atoms with E-state index in [2.05, 4.69) is 21.3 Å². The zero-order chi connectivity index (χ0) is 18.5. The standard InChI is InChI=1S/C13H16ClN7O4/c1-5(22)7-8(23)13(16,2-3-14)11(25-7)20-4-18-6-9(20)19-12(15)21(17)10(6)24/h4-5,7-8,11,22-23H,16-17H2,1H3,(H2,15,19)/t5-,7+,8?,11+,13+/m0/s1. The molecule has 0 spiro atoms. The molecule has 1 unspecified atom stereocenters. The van der Waals surface area contributed by atoms with Crippen LogP contribution in [0.25, 0.3) is 11.2 Å². The maximum Gasteiger partial charge on any atom is 0.301 e. The van der Waals surface area contributed by atoms with Gasteiger partial charge in [-0.2, -0.15) is 9.66 Å². The zero-order valence-electron chi connectivity index (χ0n) is 13.0. The summed E-state index contributed by atoms with van der Waals surface area (Å²) in [7, 11) is 0. The maximum atomic E-state index is 12.1. The van der Waals surface area contributed by atoms with Crippen LogP contribution in [-0.4, -0.2) is 53.3 Å². The number of nitrogens with zero attached hydrogens (tertiary/aromatic N) is 4. The van der Waals surface area contributed by atoms with Crippen LogP contribution in [0, 0.1) is 11.3 Å². The minimum Gasteiger partial charge on any atom is -0.391 e. The monoisotopic (exact) mass is 369 g/mol. The Kier molecular flexibility index (Phi) is 4.10. The molecule has 0 saturated carbocycles. The van der Waals surface area contributed by atoms with Gasteiger partial charge in [0.2, 0.25) is 5.95 Å². The molecule has 1 aliphatic rings. The van der Waals surface area contributed by atoms with Crippen LogP contribution in [0.1, 0.15) is 13.2 Å². The third-order valence-electron chi connectivity index (χ3n) is 4.14. The third-order valence-corrected chi connectivity index (χ3v) is 4.24. The Bertz CT molecular complexity index is 945. The largest absolute Gasteiger partial charge is 0.391 e. The average molecular weight is 370 g/mol. The first-order chi connectivity index (χ1) is 11.7. The number of hydrogen-bond acceptors (Lipinski definition) is 9. The number of ether oxygens (including phenoxy) is 1. The molecular formula is C13H16ClN7O4. The Morgan fingerprint density at radius 2 is 2.24 bits per heavy atom. The van der Waals surface area contributed by atoms with Crippen LogP contribution in [0.3, 0.4) is 0 Å². The van der Waals surface area contributed by atoms with Gasteiger partial charge in [-0.1, -0.05) is 5.92 Å². The summed E-state index contributed by atoms with van der Waals surface area (Å²) in [5, 5.41) is 22.4. The molecule has 12 heteroatoms. The summed E-state index contributed by atoms with van der Waals surface area (Å²) in [5.41, 5.74) is 9.44. The first kappa shape index (κ1) is 17.5. The topological polar surface area (TPSA) is 180 Å². The van der Waals surface area contributed by atoms with E-state index in [1.165, 1.54) is 17.8 Å². The minimum absolute atomic E-state index is 0.0406. The van der Waals surface area contributed by atoms with E-state index in [1.807, 2.05) is 0 Å². The quantitative estimate of drug-likeness (QED) is 0.280. The normalized spacial score (nSPS) is 30.2. The molecule has 1 fully saturated rings. The summed E-state index contributed by atoms with van der Waals surface area (Å²) in [6.45, 7) is 1.43. The maximum absolute atomic E-state index is 12.1. The summed E-state index contributed by atoms with van der Waals surface area (Å²) in [6.07, 6.45) is -3.37. The number of rotatable bonds is 2. The van der Waals surface area contributed by atoms with Crippen LogP contribution in [0.15, 0.2) is 11.1 Å². The van der Waals surface area contributed by atoms with Crippen molar-refractivity contribution < 1.29 is 14.9 Å². The van der Waals surface area contributed by atoms with E-state index < -0.39 is 35.6 Å². The highest BCUT2D eigenvalue weighted by atomic mass is 35.5. The van der Waals surface area contributed by atoms with E-state index in [4.69, 9.17) is 33.6 Å². The van der Waals surface area contributed by atoms with Crippen LogP contribution in [-0.2, 0) is 4.74 Å². The van der Waals surface area contributed by atoms with Crippen molar-refractivity contribution in [3.63, 3.8) is 0 Å². The van der Waals surface area contributed by atoms with E-state index in [-0.39, 0.29) is 17.1 Å². The molecule has 2 aromatic heterocycles. The molecule has 0 bridgehead atoms. The highest BCUT2D eigenvalue weighted by Crippen LogP contribution is 2.38. The van der Waals surface area contributed by atoms with Gasteiger partial charge in [0.15, 0.2) is 22.9 Å². The van der Waals surface area contributed by atoms with E-state index in [0.717, 1.165) is 0 Å². The Morgan fingerprint density at radius 3 is 2.84 bits per heavy atom. The van der Waals surface area contributed by atoms with Crippen molar-refractivity contribution in [2.24, 2.45) is 5.73 Å². The lowest BCUT2D eigenvalue weighted by Gasteiger charge is -2.27. The fraction of sp³-hybridized carbons (Fsp3) is 0.462. The molecule has 1 aliphatic heterocycles. The Labute approximate surface area is 145 Å². The second kappa shape index (κ2) is 5.87. The molecule has 0 amide bonds. The molecule has 0 aliphatic carbocycles. The predicted octanol–water partition coefficient (Wildman–Crippen LogP) is -2.57. The number of imidazole rings is 1. The first-order valence-corrected chi connectivity index (χ1v) is 7.53. The fourth-order valence-corrected chi connectivity index (χ4v) is 2.98. The molecule has 134 valence electrons. The van der Waals surface area contributed by atoms with Gasteiger partial charge in [0.1, 0.15) is 12.2 Å². The van der Waals surface area contributed by atoms with Crippen molar-refractivity contribution in [3.05, 3.63) is 16.7 Å². The van der Waals surface area contributed by atoms with Gasteiger partial charge in [-0.05, 0) is 18.5 Å². The molecule has 0 radical (unpaired) electrons. The van der Waals surface area contributed by atoms with Crippen molar-refractivity contribution in [2.75, 3.05) is 11.6 Å². The molecule has 11 nitrogen and oxygen atoms in total. The smallest absolute Gasteiger partial charge is 0.301 e. The van der Waals surface area contributed by atoms with Crippen molar-refractivity contribution in [3.8, 4) is 11.3 Å². The average Bonchev–Trinajstić information content (AvgIpc) is 3.06. The summed E-state index contributed by atoms with van der Waals surface area (Å²) in [4.78, 5) is 20.1. The number of nitrogens with two attached hydrogens (primary N) is 3. The summed E-state index contributed by atoms with van der Waals surface area (Å²) in [5.74, 6) is 7.73. The zero-order valence-corrected chi connectivity index (χ0v) is 13.8. The van der Waals surface area contributed by atoms with Gasteiger partial charge in [-0.25, -0.2) is 4.98 Å². The van der Waals surface area contributed by atoms with Gasteiger partial charge in [-0.15, -0.1) is 0 Å². The van der Waals surface area contributed by atoms with E-state index in [0.29, 0.717) is 4.68 Å². The molecule has 25 heavy (non-hydrogen) atoms.